The second-order valence-corrected chi connectivity index (χ2v) is 5.59. The maximum atomic E-state index is 5.63. The maximum absolute atomic E-state index is 5.63. The summed E-state index contributed by atoms with van der Waals surface area (Å²) in [6, 6.07) is 8.87. The molecule has 1 N–H and O–H groups in total. The minimum atomic E-state index is 0.483. The van der Waals surface area contributed by atoms with Crippen LogP contribution in [0.15, 0.2) is 24.3 Å². The van der Waals surface area contributed by atoms with Crippen molar-refractivity contribution in [1.29, 1.82) is 0 Å². The van der Waals surface area contributed by atoms with Crippen molar-refractivity contribution < 1.29 is 4.74 Å². The number of nitrogens with one attached hydrogen (secondary N) is 1. The van der Waals surface area contributed by atoms with Crippen molar-refractivity contribution in [2.24, 2.45) is 0 Å². The zero-order valence-corrected chi connectivity index (χ0v) is 11.6. The Morgan fingerprint density at radius 2 is 1.89 bits per heavy atom. The van der Waals surface area contributed by atoms with E-state index in [0.29, 0.717) is 6.10 Å². The molecule has 2 heterocycles. The molecule has 3 rings (SSSR count). The second kappa shape index (κ2) is 6.29. The molecular weight excluding hydrogens is 236 g/mol. The van der Waals surface area contributed by atoms with Crippen LogP contribution in [0.2, 0.25) is 0 Å². The molecule has 2 aliphatic rings. The van der Waals surface area contributed by atoms with E-state index in [9.17, 15) is 0 Å². The summed E-state index contributed by atoms with van der Waals surface area (Å²) in [6.07, 6.45) is 6.73. The van der Waals surface area contributed by atoms with Gasteiger partial charge in [-0.05, 0) is 56.4 Å². The van der Waals surface area contributed by atoms with Gasteiger partial charge in [0, 0.05) is 37.6 Å². The van der Waals surface area contributed by atoms with Gasteiger partial charge in [0.1, 0.15) is 0 Å². The van der Waals surface area contributed by atoms with Gasteiger partial charge in [-0.3, -0.25) is 0 Å². The van der Waals surface area contributed by atoms with Gasteiger partial charge in [0.05, 0.1) is 6.10 Å². The predicted octanol–water partition coefficient (Wildman–Crippen LogP) is 3.27. The molecule has 1 atom stereocenters. The van der Waals surface area contributed by atoms with Crippen molar-refractivity contribution in [1.82, 2.24) is 0 Å². The number of ether oxygens (including phenoxy) is 1. The number of rotatable bonds is 5. The number of anilines is 2. The van der Waals surface area contributed by atoms with Crippen LogP contribution in [0.1, 0.15) is 32.1 Å². The topological polar surface area (TPSA) is 24.5 Å². The SMILES string of the molecule is c1cc(N2CCCC2)ccc1NCCC1CCCO1. The van der Waals surface area contributed by atoms with Crippen molar-refractivity contribution in [2.45, 2.75) is 38.2 Å². The van der Waals surface area contributed by atoms with Gasteiger partial charge in [-0.1, -0.05) is 0 Å². The third-order valence-electron chi connectivity index (χ3n) is 4.16. The molecule has 0 aliphatic carbocycles. The first-order chi connectivity index (χ1) is 9.42. The minimum Gasteiger partial charge on any atom is -0.385 e. The zero-order chi connectivity index (χ0) is 12.9. The van der Waals surface area contributed by atoms with E-state index in [1.165, 1.54) is 50.1 Å². The number of nitrogens with zero attached hydrogens (tertiary/aromatic N) is 1. The second-order valence-electron chi connectivity index (χ2n) is 5.59. The highest BCUT2D eigenvalue weighted by Crippen LogP contribution is 2.22. The Bertz CT molecular complexity index is 378. The normalized spacial score (nSPS) is 22.9. The Morgan fingerprint density at radius 1 is 1.11 bits per heavy atom. The molecule has 2 saturated heterocycles. The van der Waals surface area contributed by atoms with Crippen LogP contribution in [-0.2, 0) is 4.74 Å². The van der Waals surface area contributed by atoms with E-state index in [-0.39, 0.29) is 0 Å². The molecule has 1 aromatic carbocycles. The van der Waals surface area contributed by atoms with Gasteiger partial charge in [0.2, 0.25) is 0 Å². The first-order valence-electron chi connectivity index (χ1n) is 7.62. The summed E-state index contributed by atoms with van der Waals surface area (Å²) < 4.78 is 5.63. The van der Waals surface area contributed by atoms with Crippen LogP contribution >= 0.6 is 0 Å². The van der Waals surface area contributed by atoms with E-state index >= 15 is 0 Å². The molecule has 0 radical (unpaired) electrons. The van der Waals surface area contributed by atoms with Crippen LogP contribution in [0.3, 0.4) is 0 Å². The molecule has 2 fully saturated rings. The van der Waals surface area contributed by atoms with Crippen LogP contribution in [0.4, 0.5) is 11.4 Å². The summed E-state index contributed by atoms with van der Waals surface area (Å²) >= 11 is 0. The molecule has 19 heavy (non-hydrogen) atoms. The van der Waals surface area contributed by atoms with E-state index < -0.39 is 0 Å². The van der Waals surface area contributed by atoms with E-state index in [1.54, 1.807) is 0 Å². The molecule has 104 valence electrons. The summed E-state index contributed by atoms with van der Waals surface area (Å²) in [5.41, 5.74) is 2.59. The van der Waals surface area contributed by atoms with Crippen molar-refractivity contribution in [3.63, 3.8) is 0 Å². The van der Waals surface area contributed by atoms with Gasteiger partial charge >= 0.3 is 0 Å². The smallest absolute Gasteiger partial charge is 0.0592 e. The average molecular weight is 260 g/mol. The molecule has 0 spiro atoms. The first kappa shape index (κ1) is 12.8. The largest absolute Gasteiger partial charge is 0.385 e. The lowest BCUT2D eigenvalue weighted by atomic mass is 10.2. The van der Waals surface area contributed by atoms with Crippen LogP contribution in [0, 0.1) is 0 Å². The van der Waals surface area contributed by atoms with Gasteiger partial charge < -0.3 is 15.0 Å². The summed E-state index contributed by atoms with van der Waals surface area (Å²) in [6.45, 7) is 4.39. The van der Waals surface area contributed by atoms with Crippen LogP contribution in [0.25, 0.3) is 0 Å². The fourth-order valence-electron chi connectivity index (χ4n) is 3.01. The minimum absolute atomic E-state index is 0.483. The lowest BCUT2D eigenvalue weighted by molar-refractivity contribution is 0.107. The predicted molar refractivity (Wildman–Crippen MR) is 80.0 cm³/mol. The average Bonchev–Trinajstić information content (AvgIpc) is 3.13. The molecule has 1 unspecified atom stereocenters. The number of benzene rings is 1. The van der Waals surface area contributed by atoms with Crippen LogP contribution < -0.4 is 10.2 Å². The molecule has 0 bridgehead atoms. The summed E-state index contributed by atoms with van der Waals surface area (Å²) in [4.78, 5) is 2.47. The molecule has 3 heteroatoms. The molecule has 1 aromatic rings. The Morgan fingerprint density at radius 3 is 2.58 bits per heavy atom. The van der Waals surface area contributed by atoms with E-state index in [2.05, 4.69) is 34.5 Å². The van der Waals surface area contributed by atoms with Crippen molar-refractivity contribution in [3.8, 4) is 0 Å². The Balaban J connectivity index is 1.45. The molecule has 0 aromatic heterocycles. The molecular formula is C16H24N2O. The third-order valence-corrected chi connectivity index (χ3v) is 4.16. The van der Waals surface area contributed by atoms with Crippen molar-refractivity contribution >= 4 is 11.4 Å². The van der Waals surface area contributed by atoms with E-state index in [0.717, 1.165) is 19.6 Å². The van der Waals surface area contributed by atoms with Gasteiger partial charge in [-0.2, -0.15) is 0 Å². The number of hydrogen-bond acceptors (Lipinski definition) is 3. The summed E-state index contributed by atoms with van der Waals surface area (Å²) in [5.74, 6) is 0. The van der Waals surface area contributed by atoms with Crippen molar-refractivity contribution in [3.05, 3.63) is 24.3 Å². The van der Waals surface area contributed by atoms with E-state index in [1.807, 2.05) is 0 Å². The Hall–Kier alpha value is -1.22. The van der Waals surface area contributed by atoms with Crippen LogP contribution in [0.5, 0.6) is 0 Å². The van der Waals surface area contributed by atoms with Gasteiger partial charge in [-0.25, -0.2) is 0 Å². The molecule has 0 saturated carbocycles. The van der Waals surface area contributed by atoms with Gasteiger partial charge in [-0.15, -0.1) is 0 Å². The van der Waals surface area contributed by atoms with Crippen molar-refractivity contribution in [2.75, 3.05) is 36.5 Å². The first-order valence-corrected chi connectivity index (χ1v) is 7.62. The zero-order valence-electron chi connectivity index (χ0n) is 11.6. The lowest BCUT2D eigenvalue weighted by Crippen LogP contribution is -2.17. The highest BCUT2D eigenvalue weighted by Gasteiger charge is 2.14. The summed E-state index contributed by atoms with van der Waals surface area (Å²) in [5, 5.41) is 3.49. The Labute approximate surface area is 115 Å². The molecule has 0 amide bonds. The highest BCUT2D eigenvalue weighted by molar-refractivity contribution is 5.55. The fourth-order valence-corrected chi connectivity index (χ4v) is 3.01. The maximum Gasteiger partial charge on any atom is 0.0592 e. The fraction of sp³-hybridized carbons (Fsp3) is 0.625. The van der Waals surface area contributed by atoms with Gasteiger partial charge in [0.15, 0.2) is 0 Å². The van der Waals surface area contributed by atoms with E-state index in [4.69, 9.17) is 4.74 Å². The lowest BCUT2D eigenvalue weighted by Gasteiger charge is -2.18. The molecule has 3 nitrogen and oxygen atoms in total. The standard InChI is InChI=1S/C16H24N2O/c1-2-12-18(11-1)15-7-5-14(6-8-15)17-10-9-16-4-3-13-19-16/h5-8,16-17H,1-4,9-13H2. The third kappa shape index (κ3) is 3.41. The molecule has 2 aliphatic heterocycles. The monoisotopic (exact) mass is 260 g/mol. The quantitative estimate of drug-likeness (QED) is 0.879. The Kier molecular flexibility index (Phi) is 4.23. The van der Waals surface area contributed by atoms with Crippen LogP contribution in [-0.4, -0.2) is 32.3 Å². The number of hydrogen-bond donors (Lipinski definition) is 1. The van der Waals surface area contributed by atoms with Gasteiger partial charge in [0.25, 0.3) is 0 Å². The highest BCUT2D eigenvalue weighted by atomic mass is 16.5. The summed E-state index contributed by atoms with van der Waals surface area (Å²) in [7, 11) is 0.